The number of hydrogen-bond acceptors (Lipinski definition) is 3. The highest BCUT2D eigenvalue weighted by molar-refractivity contribution is 5.80. The van der Waals surface area contributed by atoms with E-state index in [1.54, 1.807) is 6.92 Å². The SMILES string of the molecule is CC(=O)C1CCCc2nnc(C3CC3)n21. The highest BCUT2D eigenvalue weighted by atomic mass is 16.1. The molecule has 0 N–H and O–H groups in total. The number of nitrogens with zero attached hydrogens (tertiary/aromatic N) is 3. The fraction of sp³-hybridized carbons (Fsp3) is 0.727. The van der Waals surface area contributed by atoms with Crippen molar-refractivity contribution in [2.45, 2.75) is 51.0 Å². The molecular weight excluding hydrogens is 190 g/mol. The normalized spacial score (nSPS) is 25.0. The second-order valence-electron chi connectivity index (χ2n) is 4.64. The van der Waals surface area contributed by atoms with Crippen molar-refractivity contribution in [3.8, 4) is 0 Å². The zero-order valence-electron chi connectivity index (χ0n) is 8.94. The summed E-state index contributed by atoms with van der Waals surface area (Å²) in [4.78, 5) is 11.6. The van der Waals surface area contributed by atoms with Crippen LogP contribution in [0.1, 0.15) is 56.2 Å². The van der Waals surface area contributed by atoms with Gasteiger partial charge in [0.1, 0.15) is 11.6 Å². The van der Waals surface area contributed by atoms with E-state index in [0.717, 1.165) is 30.9 Å². The minimum Gasteiger partial charge on any atom is -0.304 e. The number of aryl methyl sites for hydroxylation is 1. The third kappa shape index (κ3) is 1.39. The van der Waals surface area contributed by atoms with E-state index in [0.29, 0.717) is 5.92 Å². The highest BCUT2D eigenvalue weighted by Gasteiger charge is 2.35. The van der Waals surface area contributed by atoms with Crippen molar-refractivity contribution in [2.24, 2.45) is 0 Å². The molecule has 4 nitrogen and oxygen atoms in total. The predicted molar refractivity (Wildman–Crippen MR) is 54.7 cm³/mol. The molecule has 2 heterocycles. The predicted octanol–water partition coefficient (Wildman–Crippen LogP) is 1.62. The van der Waals surface area contributed by atoms with Crippen LogP contribution in [0, 0.1) is 0 Å². The third-order valence-electron chi connectivity index (χ3n) is 3.39. The molecule has 80 valence electrons. The van der Waals surface area contributed by atoms with Crippen LogP contribution in [0.3, 0.4) is 0 Å². The lowest BCUT2D eigenvalue weighted by Gasteiger charge is -2.23. The smallest absolute Gasteiger partial charge is 0.152 e. The lowest BCUT2D eigenvalue weighted by Crippen LogP contribution is -2.25. The van der Waals surface area contributed by atoms with Gasteiger partial charge in [0.15, 0.2) is 5.78 Å². The molecule has 1 atom stereocenters. The van der Waals surface area contributed by atoms with E-state index in [1.807, 2.05) is 0 Å². The molecule has 1 unspecified atom stereocenters. The van der Waals surface area contributed by atoms with Crippen molar-refractivity contribution in [1.29, 1.82) is 0 Å². The van der Waals surface area contributed by atoms with Gasteiger partial charge in [0.2, 0.25) is 0 Å². The Balaban J connectivity index is 2.06. The van der Waals surface area contributed by atoms with Gasteiger partial charge in [-0.3, -0.25) is 4.79 Å². The van der Waals surface area contributed by atoms with E-state index in [-0.39, 0.29) is 11.8 Å². The molecule has 15 heavy (non-hydrogen) atoms. The molecule has 3 rings (SSSR count). The Morgan fingerprint density at radius 1 is 1.33 bits per heavy atom. The summed E-state index contributed by atoms with van der Waals surface area (Å²) in [5.74, 6) is 2.90. The summed E-state index contributed by atoms with van der Waals surface area (Å²) in [6, 6.07) is 0.0133. The molecule has 1 aliphatic carbocycles. The van der Waals surface area contributed by atoms with Crippen LogP contribution in [-0.2, 0) is 11.2 Å². The van der Waals surface area contributed by atoms with Gasteiger partial charge < -0.3 is 4.57 Å². The zero-order valence-corrected chi connectivity index (χ0v) is 8.94. The monoisotopic (exact) mass is 205 g/mol. The number of aromatic nitrogens is 3. The van der Waals surface area contributed by atoms with Crippen LogP contribution >= 0.6 is 0 Å². The Morgan fingerprint density at radius 2 is 2.13 bits per heavy atom. The van der Waals surface area contributed by atoms with Gasteiger partial charge in [-0.15, -0.1) is 10.2 Å². The number of Topliss-reactive ketones (excluding diaryl/α,β-unsaturated/α-hetero) is 1. The maximum atomic E-state index is 11.6. The van der Waals surface area contributed by atoms with Gasteiger partial charge in [-0.05, 0) is 32.6 Å². The average molecular weight is 205 g/mol. The minimum absolute atomic E-state index is 0.0133. The molecule has 0 spiro atoms. The van der Waals surface area contributed by atoms with Gasteiger partial charge in [-0.1, -0.05) is 0 Å². The number of fused-ring (bicyclic) bond motifs is 1. The van der Waals surface area contributed by atoms with E-state index >= 15 is 0 Å². The first kappa shape index (κ1) is 9.07. The van der Waals surface area contributed by atoms with Gasteiger partial charge in [-0.2, -0.15) is 0 Å². The molecular formula is C11H15N3O. The molecule has 4 heteroatoms. The lowest BCUT2D eigenvalue weighted by molar-refractivity contribution is -0.120. The summed E-state index contributed by atoms with van der Waals surface area (Å²) in [5, 5.41) is 8.46. The minimum atomic E-state index is 0.0133. The van der Waals surface area contributed by atoms with Crippen LogP contribution in [0.4, 0.5) is 0 Å². The number of rotatable bonds is 2. The van der Waals surface area contributed by atoms with Crippen molar-refractivity contribution < 1.29 is 4.79 Å². The number of carbonyl (C=O) groups excluding carboxylic acids is 1. The molecule has 0 aromatic carbocycles. The van der Waals surface area contributed by atoms with Crippen molar-refractivity contribution in [1.82, 2.24) is 14.8 Å². The van der Waals surface area contributed by atoms with Crippen LogP contribution in [0.5, 0.6) is 0 Å². The molecule has 1 aromatic heterocycles. The highest BCUT2D eigenvalue weighted by Crippen LogP contribution is 2.41. The van der Waals surface area contributed by atoms with E-state index in [4.69, 9.17) is 0 Å². The van der Waals surface area contributed by atoms with Gasteiger partial charge in [-0.25, -0.2) is 0 Å². The molecule has 0 saturated heterocycles. The van der Waals surface area contributed by atoms with Crippen LogP contribution in [0.2, 0.25) is 0 Å². The molecule has 0 amide bonds. The molecule has 1 aliphatic heterocycles. The van der Waals surface area contributed by atoms with Crippen molar-refractivity contribution >= 4 is 5.78 Å². The topological polar surface area (TPSA) is 47.8 Å². The fourth-order valence-electron chi connectivity index (χ4n) is 2.44. The first-order valence-electron chi connectivity index (χ1n) is 5.71. The maximum absolute atomic E-state index is 11.6. The number of ketones is 1. The Labute approximate surface area is 88.7 Å². The largest absolute Gasteiger partial charge is 0.304 e. The Morgan fingerprint density at radius 3 is 2.80 bits per heavy atom. The summed E-state index contributed by atoms with van der Waals surface area (Å²) in [7, 11) is 0. The zero-order chi connectivity index (χ0) is 10.4. The fourth-order valence-corrected chi connectivity index (χ4v) is 2.44. The number of hydrogen-bond donors (Lipinski definition) is 0. The second-order valence-corrected chi connectivity index (χ2v) is 4.64. The van der Waals surface area contributed by atoms with Gasteiger partial charge in [0.25, 0.3) is 0 Å². The van der Waals surface area contributed by atoms with E-state index in [1.165, 1.54) is 12.8 Å². The molecule has 1 fully saturated rings. The van der Waals surface area contributed by atoms with Crippen molar-refractivity contribution in [2.75, 3.05) is 0 Å². The third-order valence-corrected chi connectivity index (χ3v) is 3.39. The Kier molecular flexibility index (Phi) is 1.90. The van der Waals surface area contributed by atoms with Crippen LogP contribution in [0.15, 0.2) is 0 Å². The molecule has 2 aliphatic rings. The summed E-state index contributed by atoms with van der Waals surface area (Å²) >= 11 is 0. The number of carbonyl (C=O) groups is 1. The van der Waals surface area contributed by atoms with Gasteiger partial charge in [0, 0.05) is 12.3 Å². The van der Waals surface area contributed by atoms with E-state index < -0.39 is 0 Å². The summed E-state index contributed by atoms with van der Waals surface area (Å²) in [6.45, 7) is 1.68. The standard InChI is InChI=1S/C11H15N3O/c1-7(15)9-3-2-4-10-12-13-11(14(9)10)8-5-6-8/h8-9H,2-6H2,1H3. The van der Waals surface area contributed by atoms with Crippen LogP contribution in [-0.4, -0.2) is 20.5 Å². The Bertz CT molecular complexity index is 406. The molecule has 0 radical (unpaired) electrons. The summed E-state index contributed by atoms with van der Waals surface area (Å²) < 4.78 is 2.11. The van der Waals surface area contributed by atoms with Gasteiger partial charge in [0.05, 0.1) is 6.04 Å². The maximum Gasteiger partial charge on any atom is 0.152 e. The Hall–Kier alpha value is -1.19. The molecule has 0 bridgehead atoms. The second kappa shape index (κ2) is 3.15. The quantitative estimate of drug-likeness (QED) is 0.737. The van der Waals surface area contributed by atoms with Crippen molar-refractivity contribution in [3.05, 3.63) is 11.6 Å². The van der Waals surface area contributed by atoms with Crippen molar-refractivity contribution in [3.63, 3.8) is 0 Å². The van der Waals surface area contributed by atoms with Crippen LogP contribution in [0.25, 0.3) is 0 Å². The van der Waals surface area contributed by atoms with E-state index in [9.17, 15) is 4.79 Å². The molecule has 1 saturated carbocycles. The van der Waals surface area contributed by atoms with E-state index in [2.05, 4.69) is 14.8 Å². The van der Waals surface area contributed by atoms with Crippen LogP contribution < -0.4 is 0 Å². The first-order chi connectivity index (χ1) is 7.27. The lowest BCUT2D eigenvalue weighted by atomic mass is 10.0. The van der Waals surface area contributed by atoms with Gasteiger partial charge >= 0.3 is 0 Å². The first-order valence-corrected chi connectivity index (χ1v) is 5.71. The average Bonchev–Trinajstić information content (AvgIpc) is 2.97. The molecule has 1 aromatic rings. The summed E-state index contributed by atoms with van der Waals surface area (Å²) in [5.41, 5.74) is 0. The summed E-state index contributed by atoms with van der Waals surface area (Å²) in [6.07, 6.45) is 5.42.